The number of nitrogens with two attached hydrogens (primary N) is 1. The number of nitrogen functional groups attached to an aromatic ring is 1. The second-order valence-corrected chi connectivity index (χ2v) is 5.21. The van der Waals surface area contributed by atoms with Gasteiger partial charge in [-0.2, -0.15) is 0 Å². The molecule has 3 N–H and O–H groups in total. The Kier molecular flexibility index (Phi) is 4.23. The first-order chi connectivity index (χ1) is 9.38. The zero-order chi connectivity index (χ0) is 14.9. The van der Waals surface area contributed by atoms with E-state index in [2.05, 4.69) is 21.2 Å². The highest BCUT2D eigenvalue weighted by molar-refractivity contribution is 9.10. The third kappa shape index (κ3) is 3.07. The van der Waals surface area contributed by atoms with Crippen LogP contribution < -0.4 is 11.1 Å². The number of alkyl halides is 2. The molecule has 0 radical (unpaired) electrons. The first-order valence-corrected chi connectivity index (χ1v) is 6.58. The van der Waals surface area contributed by atoms with Crippen molar-refractivity contribution in [1.82, 2.24) is 0 Å². The summed E-state index contributed by atoms with van der Waals surface area (Å²) >= 11 is 3.07. The SMILES string of the molecule is Cc1cc(Br)c(F)cc1Nc1ccc(N)cc1C(F)F. The highest BCUT2D eigenvalue weighted by Crippen LogP contribution is 2.33. The molecule has 0 spiro atoms. The smallest absolute Gasteiger partial charge is 0.265 e. The molecule has 2 aromatic rings. The van der Waals surface area contributed by atoms with E-state index in [9.17, 15) is 13.2 Å². The van der Waals surface area contributed by atoms with Gasteiger partial charge in [-0.1, -0.05) is 0 Å². The zero-order valence-electron chi connectivity index (χ0n) is 10.6. The van der Waals surface area contributed by atoms with Crippen LogP contribution in [0.25, 0.3) is 0 Å². The Labute approximate surface area is 122 Å². The van der Waals surface area contributed by atoms with Crippen molar-refractivity contribution >= 4 is 33.0 Å². The maximum Gasteiger partial charge on any atom is 0.265 e. The summed E-state index contributed by atoms with van der Waals surface area (Å²) in [6.45, 7) is 1.76. The normalized spacial score (nSPS) is 10.9. The summed E-state index contributed by atoms with van der Waals surface area (Å²) in [5.74, 6) is -0.466. The van der Waals surface area contributed by atoms with Crippen molar-refractivity contribution in [2.24, 2.45) is 0 Å². The molecule has 0 amide bonds. The molecular weight excluding hydrogens is 333 g/mol. The lowest BCUT2D eigenvalue weighted by atomic mass is 10.1. The van der Waals surface area contributed by atoms with Crippen LogP contribution in [0.2, 0.25) is 0 Å². The minimum absolute atomic E-state index is 0.207. The topological polar surface area (TPSA) is 38.0 Å². The van der Waals surface area contributed by atoms with Gasteiger partial charge >= 0.3 is 0 Å². The van der Waals surface area contributed by atoms with Gasteiger partial charge in [-0.05, 0) is 58.7 Å². The van der Waals surface area contributed by atoms with Gasteiger partial charge in [0.25, 0.3) is 6.43 Å². The summed E-state index contributed by atoms with van der Waals surface area (Å²) in [6.07, 6.45) is -2.67. The summed E-state index contributed by atoms with van der Waals surface area (Å²) in [5, 5.41) is 2.82. The van der Waals surface area contributed by atoms with Crippen molar-refractivity contribution in [2.75, 3.05) is 11.1 Å². The average Bonchev–Trinajstić information content (AvgIpc) is 2.37. The zero-order valence-corrected chi connectivity index (χ0v) is 12.1. The van der Waals surface area contributed by atoms with Crippen LogP contribution in [0.1, 0.15) is 17.6 Å². The summed E-state index contributed by atoms with van der Waals surface area (Å²) in [7, 11) is 0. The Morgan fingerprint density at radius 3 is 2.50 bits per heavy atom. The van der Waals surface area contributed by atoms with E-state index in [1.165, 1.54) is 24.3 Å². The minimum Gasteiger partial charge on any atom is -0.399 e. The van der Waals surface area contributed by atoms with E-state index in [0.717, 1.165) is 5.56 Å². The average molecular weight is 345 g/mol. The van der Waals surface area contributed by atoms with E-state index in [4.69, 9.17) is 5.73 Å². The Hall–Kier alpha value is -1.69. The van der Waals surface area contributed by atoms with Crippen molar-refractivity contribution in [2.45, 2.75) is 13.3 Å². The quantitative estimate of drug-likeness (QED) is 0.754. The fraction of sp³-hybridized carbons (Fsp3) is 0.143. The van der Waals surface area contributed by atoms with Gasteiger partial charge in [0, 0.05) is 22.6 Å². The van der Waals surface area contributed by atoms with Crippen molar-refractivity contribution in [1.29, 1.82) is 0 Å². The molecule has 0 aliphatic carbocycles. The molecule has 0 aliphatic rings. The molecule has 0 bridgehead atoms. The second-order valence-electron chi connectivity index (χ2n) is 4.35. The first-order valence-electron chi connectivity index (χ1n) is 5.78. The van der Waals surface area contributed by atoms with Crippen LogP contribution in [0.15, 0.2) is 34.8 Å². The molecule has 0 aromatic heterocycles. The van der Waals surface area contributed by atoms with E-state index >= 15 is 0 Å². The van der Waals surface area contributed by atoms with Gasteiger partial charge in [-0.25, -0.2) is 13.2 Å². The van der Waals surface area contributed by atoms with Crippen molar-refractivity contribution in [3.63, 3.8) is 0 Å². The molecule has 20 heavy (non-hydrogen) atoms. The number of rotatable bonds is 3. The Balaban J connectivity index is 2.42. The highest BCUT2D eigenvalue weighted by Gasteiger charge is 2.15. The van der Waals surface area contributed by atoms with E-state index in [-0.39, 0.29) is 16.9 Å². The molecule has 106 valence electrons. The van der Waals surface area contributed by atoms with E-state index < -0.39 is 12.2 Å². The van der Waals surface area contributed by atoms with Gasteiger partial charge in [0.05, 0.1) is 4.47 Å². The predicted molar refractivity (Wildman–Crippen MR) is 77.9 cm³/mol. The predicted octanol–water partition coefficient (Wildman–Crippen LogP) is 5.16. The van der Waals surface area contributed by atoms with Gasteiger partial charge in [0.15, 0.2) is 0 Å². The number of nitrogens with one attached hydrogen (secondary N) is 1. The number of benzene rings is 2. The third-order valence-corrected chi connectivity index (χ3v) is 3.46. The molecule has 0 saturated heterocycles. The maximum absolute atomic E-state index is 13.5. The van der Waals surface area contributed by atoms with E-state index in [1.807, 2.05) is 0 Å². The summed E-state index contributed by atoms with van der Waals surface area (Å²) in [4.78, 5) is 0. The van der Waals surface area contributed by atoms with Crippen LogP contribution in [0.4, 0.5) is 30.2 Å². The van der Waals surface area contributed by atoms with E-state index in [1.54, 1.807) is 13.0 Å². The van der Waals surface area contributed by atoms with Gasteiger partial charge in [0.1, 0.15) is 5.82 Å². The molecule has 2 aromatic carbocycles. The lowest BCUT2D eigenvalue weighted by Gasteiger charge is -2.14. The third-order valence-electron chi connectivity index (χ3n) is 2.85. The molecule has 6 heteroatoms. The molecule has 0 fully saturated rings. The standard InChI is InChI=1S/C14H12BrF3N2/c1-7-4-10(15)11(16)6-13(7)20-12-3-2-8(19)5-9(12)14(17)18/h2-6,14,20H,19H2,1H3. The largest absolute Gasteiger partial charge is 0.399 e. The molecule has 0 unspecified atom stereocenters. The van der Waals surface area contributed by atoms with Crippen LogP contribution in [-0.4, -0.2) is 0 Å². The number of halogens is 4. The fourth-order valence-corrected chi connectivity index (χ4v) is 2.26. The number of hydrogen-bond donors (Lipinski definition) is 2. The monoisotopic (exact) mass is 344 g/mol. The molecular formula is C14H12BrF3N2. The molecule has 2 nitrogen and oxygen atoms in total. The number of anilines is 3. The highest BCUT2D eigenvalue weighted by atomic mass is 79.9. The maximum atomic E-state index is 13.5. The molecule has 0 saturated carbocycles. The van der Waals surface area contributed by atoms with Crippen molar-refractivity contribution in [3.8, 4) is 0 Å². The van der Waals surface area contributed by atoms with Crippen LogP contribution >= 0.6 is 15.9 Å². The minimum atomic E-state index is -2.67. The lowest BCUT2D eigenvalue weighted by molar-refractivity contribution is 0.152. The fourth-order valence-electron chi connectivity index (χ4n) is 1.80. The van der Waals surface area contributed by atoms with Gasteiger partial charge in [0.2, 0.25) is 0 Å². The molecule has 0 heterocycles. The van der Waals surface area contributed by atoms with Crippen LogP contribution in [0, 0.1) is 12.7 Å². The van der Waals surface area contributed by atoms with Gasteiger partial charge < -0.3 is 11.1 Å². The first kappa shape index (κ1) is 14.7. The van der Waals surface area contributed by atoms with Crippen LogP contribution in [0.3, 0.4) is 0 Å². The molecule has 2 rings (SSSR count). The molecule has 0 atom stereocenters. The summed E-state index contributed by atoms with van der Waals surface area (Å²) in [6, 6.07) is 7.01. The van der Waals surface area contributed by atoms with Crippen molar-refractivity contribution < 1.29 is 13.2 Å². The Bertz CT molecular complexity index is 645. The van der Waals surface area contributed by atoms with Crippen molar-refractivity contribution in [3.05, 3.63) is 51.7 Å². The lowest BCUT2D eigenvalue weighted by Crippen LogP contribution is -2.00. The summed E-state index contributed by atoms with van der Waals surface area (Å²) < 4.78 is 39.8. The summed E-state index contributed by atoms with van der Waals surface area (Å²) in [5.41, 5.74) is 6.91. The number of aryl methyl sites for hydroxylation is 1. The van der Waals surface area contributed by atoms with Crippen LogP contribution in [-0.2, 0) is 0 Å². The number of hydrogen-bond acceptors (Lipinski definition) is 2. The van der Waals surface area contributed by atoms with Gasteiger partial charge in [-0.3, -0.25) is 0 Å². The molecule has 0 aliphatic heterocycles. The Morgan fingerprint density at radius 2 is 1.85 bits per heavy atom. The Morgan fingerprint density at radius 1 is 1.15 bits per heavy atom. The second kappa shape index (κ2) is 5.75. The van der Waals surface area contributed by atoms with Gasteiger partial charge in [-0.15, -0.1) is 0 Å². The van der Waals surface area contributed by atoms with Crippen LogP contribution in [0.5, 0.6) is 0 Å². The van der Waals surface area contributed by atoms with E-state index in [0.29, 0.717) is 10.2 Å².